The van der Waals surface area contributed by atoms with Crippen LogP contribution in [-0.4, -0.2) is 37.2 Å². The summed E-state index contributed by atoms with van der Waals surface area (Å²) in [6, 6.07) is 8.97. The molecule has 1 aromatic heterocycles. The Labute approximate surface area is 130 Å². The third-order valence-corrected chi connectivity index (χ3v) is 5.39. The summed E-state index contributed by atoms with van der Waals surface area (Å²) >= 11 is 1.82. The molecule has 21 heavy (non-hydrogen) atoms. The van der Waals surface area contributed by atoms with E-state index in [9.17, 15) is 0 Å². The van der Waals surface area contributed by atoms with E-state index in [1.807, 2.05) is 11.3 Å². The van der Waals surface area contributed by atoms with Gasteiger partial charge in [-0.25, -0.2) is 0 Å². The van der Waals surface area contributed by atoms with Crippen LogP contribution in [0.1, 0.15) is 31.4 Å². The second-order valence-electron chi connectivity index (χ2n) is 5.63. The number of ether oxygens (including phenoxy) is 1. The third kappa shape index (κ3) is 3.14. The van der Waals surface area contributed by atoms with Crippen LogP contribution in [-0.2, 0) is 4.74 Å². The van der Waals surface area contributed by atoms with Gasteiger partial charge in [0.25, 0.3) is 0 Å². The number of benzene rings is 1. The van der Waals surface area contributed by atoms with Crippen molar-refractivity contribution in [2.45, 2.75) is 31.9 Å². The first kappa shape index (κ1) is 15.0. The summed E-state index contributed by atoms with van der Waals surface area (Å²) in [5, 5.41) is 3.65. The van der Waals surface area contributed by atoms with E-state index in [-0.39, 0.29) is 0 Å². The quantitative estimate of drug-likeness (QED) is 0.920. The number of nitrogens with zero attached hydrogens (tertiary/aromatic N) is 1. The summed E-state index contributed by atoms with van der Waals surface area (Å²) < 4.78 is 7.11. The first-order valence-corrected chi connectivity index (χ1v) is 8.73. The van der Waals surface area contributed by atoms with Gasteiger partial charge in [-0.1, -0.05) is 18.2 Å². The summed E-state index contributed by atoms with van der Waals surface area (Å²) in [6.07, 6.45) is 2.67. The van der Waals surface area contributed by atoms with Crippen LogP contribution in [0.2, 0.25) is 0 Å². The highest BCUT2D eigenvalue weighted by Gasteiger charge is 2.26. The average Bonchev–Trinajstić information content (AvgIpc) is 2.94. The van der Waals surface area contributed by atoms with Gasteiger partial charge in [0.05, 0.1) is 6.10 Å². The van der Waals surface area contributed by atoms with E-state index in [0.29, 0.717) is 18.7 Å². The highest BCUT2D eigenvalue weighted by molar-refractivity contribution is 7.17. The molecule has 0 radical (unpaired) electrons. The van der Waals surface area contributed by atoms with Crippen molar-refractivity contribution in [3.05, 3.63) is 35.2 Å². The zero-order valence-corrected chi connectivity index (χ0v) is 13.4. The van der Waals surface area contributed by atoms with Crippen LogP contribution in [0.3, 0.4) is 0 Å². The number of thiophene rings is 1. The highest BCUT2D eigenvalue weighted by Crippen LogP contribution is 2.34. The molecule has 2 N–H and O–H groups in total. The molecule has 0 saturated carbocycles. The lowest BCUT2D eigenvalue weighted by molar-refractivity contribution is 0.00470. The molecule has 3 nitrogen and oxygen atoms in total. The van der Waals surface area contributed by atoms with E-state index in [0.717, 1.165) is 32.5 Å². The predicted molar refractivity (Wildman–Crippen MR) is 89.8 cm³/mol. The normalized spacial score (nSPS) is 19.1. The average molecular weight is 304 g/mol. The van der Waals surface area contributed by atoms with E-state index < -0.39 is 0 Å². The summed E-state index contributed by atoms with van der Waals surface area (Å²) in [4.78, 5) is 2.53. The van der Waals surface area contributed by atoms with Gasteiger partial charge in [-0.15, -0.1) is 11.3 Å². The molecule has 1 aliphatic rings. The Morgan fingerprint density at radius 1 is 1.33 bits per heavy atom. The second kappa shape index (κ2) is 6.88. The molecule has 0 amide bonds. The zero-order valence-electron chi connectivity index (χ0n) is 12.6. The lowest BCUT2D eigenvalue weighted by Gasteiger charge is -2.37. The van der Waals surface area contributed by atoms with Gasteiger partial charge in [0, 0.05) is 37.0 Å². The third-order valence-electron chi connectivity index (χ3n) is 4.41. The molecule has 2 heterocycles. The lowest BCUT2D eigenvalue weighted by Crippen LogP contribution is -2.41. The van der Waals surface area contributed by atoms with E-state index in [4.69, 9.17) is 10.5 Å². The number of fused-ring (bicyclic) bond motifs is 1. The molecule has 1 saturated heterocycles. The molecule has 1 aromatic carbocycles. The number of rotatable bonds is 5. The van der Waals surface area contributed by atoms with Crippen molar-refractivity contribution in [2.24, 2.45) is 5.73 Å². The summed E-state index contributed by atoms with van der Waals surface area (Å²) in [5.41, 5.74) is 7.51. The largest absolute Gasteiger partial charge is 0.378 e. The minimum atomic E-state index is 0.337. The Bertz CT molecular complexity index is 575. The number of hydrogen-bond acceptors (Lipinski definition) is 4. The molecular weight excluding hydrogens is 280 g/mol. The fraction of sp³-hybridized carbons (Fsp3) is 0.529. The molecule has 114 valence electrons. The maximum atomic E-state index is 6.11. The van der Waals surface area contributed by atoms with Gasteiger partial charge >= 0.3 is 0 Å². The number of nitrogens with two attached hydrogens (primary N) is 1. The van der Waals surface area contributed by atoms with Gasteiger partial charge in [0.2, 0.25) is 0 Å². The monoisotopic (exact) mass is 304 g/mol. The van der Waals surface area contributed by atoms with Crippen molar-refractivity contribution in [1.29, 1.82) is 0 Å². The van der Waals surface area contributed by atoms with E-state index >= 15 is 0 Å². The summed E-state index contributed by atoms with van der Waals surface area (Å²) in [5.74, 6) is 0. The molecule has 1 fully saturated rings. The lowest BCUT2D eigenvalue weighted by atomic mass is 10.00. The highest BCUT2D eigenvalue weighted by atomic mass is 32.1. The molecule has 0 spiro atoms. The van der Waals surface area contributed by atoms with E-state index in [1.165, 1.54) is 15.6 Å². The van der Waals surface area contributed by atoms with Crippen molar-refractivity contribution >= 4 is 21.4 Å². The topological polar surface area (TPSA) is 38.5 Å². The van der Waals surface area contributed by atoms with Gasteiger partial charge < -0.3 is 10.5 Å². The van der Waals surface area contributed by atoms with Crippen LogP contribution in [0.15, 0.2) is 29.6 Å². The van der Waals surface area contributed by atoms with Crippen LogP contribution < -0.4 is 5.73 Å². The van der Waals surface area contributed by atoms with Crippen molar-refractivity contribution in [3.8, 4) is 0 Å². The summed E-state index contributed by atoms with van der Waals surface area (Å²) in [7, 11) is 0. The van der Waals surface area contributed by atoms with Crippen LogP contribution >= 0.6 is 11.3 Å². The molecular formula is C17H24N2OS. The fourth-order valence-electron chi connectivity index (χ4n) is 3.32. The molecule has 1 atom stereocenters. The first-order chi connectivity index (χ1) is 10.3. The number of likely N-dealkylation sites (tertiary alicyclic amines) is 1. The smallest absolute Gasteiger partial charge is 0.0599 e. The van der Waals surface area contributed by atoms with Gasteiger partial charge in [-0.2, -0.15) is 0 Å². The Balaban J connectivity index is 1.76. The first-order valence-electron chi connectivity index (χ1n) is 7.85. The van der Waals surface area contributed by atoms with Gasteiger partial charge in [-0.05, 0) is 42.2 Å². The molecule has 0 bridgehead atoms. The Kier molecular flexibility index (Phi) is 4.91. The van der Waals surface area contributed by atoms with Crippen LogP contribution in [0.25, 0.3) is 10.1 Å². The number of piperidine rings is 1. The van der Waals surface area contributed by atoms with E-state index in [1.54, 1.807) is 0 Å². The maximum absolute atomic E-state index is 6.11. The molecule has 3 rings (SSSR count). The Hall–Kier alpha value is -0.940. The maximum Gasteiger partial charge on any atom is 0.0599 e. The Morgan fingerprint density at radius 3 is 2.81 bits per heavy atom. The van der Waals surface area contributed by atoms with Gasteiger partial charge in [0.15, 0.2) is 0 Å². The standard InChI is InChI=1S/C17H24N2OS/c1-2-20-13-7-9-19(10-8-13)16(11-18)15-12-21-17-6-4-3-5-14(15)17/h3-6,12-13,16H,2,7-11,18H2,1H3. The minimum Gasteiger partial charge on any atom is -0.378 e. The Morgan fingerprint density at radius 2 is 2.10 bits per heavy atom. The number of hydrogen-bond donors (Lipinski definition) is 1. The van der Waals surface area contributed by atoms with E-state index in [2.05, 4.69) is 41.5 Å². The molecule has 1 unspecified atom stereocenters. The van der Waals surface area contributed by atoms with Gasteiger partial charge in [-0.3, -0.25) is 4.90 Å². The zero-order chi connectivity index (χ0) is 14.7. The minimum absolute atomic E-state index is 0.337. The van der Waals surface area contributed by atoms with Crippen molar-refractivity contribution in [1.82, 2.24) is 4.90 Å². The molecule has 1 aliphatic heterocycles. The summed E-state index contributed by atoms with van der Waals surface area (Å²) in [6.45, 7) is 5.74. The molecule has 2 aromatic rings. The molecule has 0 aliphatic carbocycles. The van der Waals surface area contributed by atoms with Crippen LogP contribution in [0.5, 0.6) is 0 Å². The predicted octanol–water partition coefficient (Wildman–Crippen LogP) is 3.40. The van der Waals surface area contributed by atoms with Crippen molar-refractivity contribution < 1.29 is 4.74 Å². The second-order valence-corrected chi connectivity index (χ2v) is 6.54. The van der Waals surface area contributed by atoms with Crippen molar-refractivity contribution in [3.63, 3.8) is 0 Å². The van der Waals surface area contributed by atoms with Crippen LogP contribution in [0.4, 0.5) is 0 Å². The molecule has 4 heteroatoms. The van der Waals surface area contributed by atoms with Gasteiger partial charge in [0.1, 0.15) is 0 Å². The fourth-order valence-corrected chi connectivity index (χ4v) is 4.33. The SMILES string of the molecule is CCOC1CCN(C(CN)c2csc3ccccc23)CC1. The van der Waals surface area contributed by atoms with Crippen molar-refractivity contribution in [2.75, 3.05) is 26.2 Å². The van der Waals surface area contributed by atoms with Crippen LogP contribution in [0, 0.1) is 0 Å².